The van der Waals surface area contributed by atoms with Crippen LogP contribution in [-0.4, -0.2) is 30.4 Å². The molecule has 158 valence electrons. The van der Waals surface area contributed by atoms with Gasteiger partial charge in [0.1, 0.15) is 0 Å². The van der Waals surface area contributed by atoms with Gasteiger partial charge < -0.3 is 14.8 Å². The first kappa shape index (κ1) is 23.1. The highest BCUT2D eigenvalue weighted by Gasteiger charge is 2.34. The van der Waals surface area contributed by atoms with E-state index >= 15 is 0 Å². The maximum Gasteiger partial charge on any atom is 0.336 e. The molecule has 6 heteroatoms. The second kappa shape index (κ2) is 11.1. The molecule has 29 heavy (non-hydrogen) atoms. The summed E-state index contributed by atoms with van der Waals surface area (Å²) in [5.74, 6) is -0.161. The summed E-state index contributed by atoms with van der Waals surface area (Å²) in [5, 5.41) is 3.13. The maximum atomic E-state index is 12.7. The van der Waals surface area contributed by atoms with Crippen molar-refractivity contribution in [3.8, 4) is 0 Å². The van der Waals surface area contributed by atoms with E-state index in [0.29, 0.717) is 17.8 Å². The van der Waals surface area contributed by atoms with Crippen molar-refractivity contribution < 1.29 is 19.1 Å². The lowest BCUT2D eigenvalue weighted by Crippen LogP contribution is -2.33. The Hall–Kier alpha value is -2.21. The molecule has 1 unspecified atom stereocenters. The monoisotopic (exact) mass is 417 g/mol. The number of esters is 2. The number of benzene rings is 1. The van der Waals surface area contributed by atoms with Gasteiger partial charge in [0, 0.05) is 22.2 Å². The highest BCUT2D eigenvalue weighted by Crippen LogP contribution is 2.31. The molecule has 0 radical (unpaired) electrons. The van der Waals surface area contributed by atoms with Gasteiger partial charge in [-0.15, -0.1) is 11.8 Å². The van der Waals surface area contributed by atoms with Gasteiger partial charge in [0.25, 0.3) is 0 Å². The second-order valence-electron chi connectivity index (χ2n) is 7.38. The van der Waals surface area contributed by atoms with Crippen molar-refractivity contribution in [3.05, 3.63) is 52.9 Å². The number of allylic oxidation sites excluding steroid dienone is 2. The fourth-order valence-electron chi connectivity index (χ4n) is 3.30. The molecule has 1 aromatic carbocycles. The van der Waals surface area contributed by atoms with Crippen LogP contribution < -0.4 is 5.32 Å². The third kappa shape index (κ3) is 6.67. The van der Waals surface area contributed by atoms with E-state index in [9.17, 15) is 9.59 Å². The van der Waals surface area contributed by atoms with E-state index in [1.165, 1.54) is 4.90 Å². The number of thioether (sulfide) groups is 1. The Balaban J connectivity index is 1.84. The number of nitrogens with one attached hydrogen (secondary N) is 1. The Morgan fingerprint density at radius 2 is 1.66 bits per heavy atom. The average Bonchev–Trinajstić information content (AvgIpc) is 2.64. The van der Waals surface area contributed by atoms with Crippen LogP contribution in [0.5, 0.6) is 0 Å². The minimum Gasteiger partial charge on any atom is -0.462 e. The van der Waals surface area contributed by atoms with Gasteiger partial charge in [-0.25, -0.2) is 9.59 Å². The fourth-order valence-corrected chi connectivity index (χ4v) is 4.23. The molecule has 1 heterocycles. The molecule has 0 saturated carbocycles. The smallest absolute Gasteiger partial charge is 0.336 e. The van der Waals surface area contributed by atoms with Crippen LogP contribution in [0.15, 0.2) is 57.8 Å². The first-order valence-corrected chi connectivity index (χ1v) is 11.0. The van der Waals surface area contributed by atoms with Gasteiger partial charge in [-0.1, -0.05) is 25.1 Å². The predicted molar refractivity (Wildman–Crippen MR) is 116 cm³/mol. The van der Waals surface area contributed by atoms with Gasteiger partial charge in [0.2, 0.25) is 0 Å². The van der Waals surface area contributed by atoms with Crippen molar-refractivity contribution in [1.82, 2.24) is 5.32 Å². The van der Waals surface area contributed by atoms with E-state index < -0.39 is 5.97 Å². The Kier molecular flexibility index (Phi) is 8.83. The molecule has 0 saturated heterocycles. The van der Waals surface area contributed by atoms with E-state index in [1.807, 2.05) is 39.0 Å². The summed E-state index contributed by atoms with van der Waals surface area (Å²) in [5.41, 5.74) is 2.41. The van der Waals surface area contributed by atoms with Gasteiger partial charge in [-0.05, 0) is 58.4 Å². The van der Waals surface area contributed by atoms with Crippen molar-refractivity contribution in [2.24, 2.45) is 5.92 Å². The van der Waals surface area contributed by atoms with E-state index in [0.717, 1.165) is 30.0 Å². The molecule has 0 bridgehead atoms. The Labute approximate surface area is 177 Å². The average molecular weight is 418 g/mol. The number of carbonyl (C=O) groups excluding carboxylic acids is 2. The number of unbranched alkanes of at least 4 members (excludes halogenated alkanes) is 1. The molecule has 1 aliphatic rings. The van der Waals surface area contributed by atoms with Crippen LogP contribution in [0.4, 0.5) is 0 Å². The summed E-state index contributed by atoms with van der Waals surface area (Å²) in [6.45, 7) is 9.48. The lowest BCUT2D eigenvalue weighted by Gasteiger charge is -2.28. The molecule has 0 spiro atoms. The maximum absolute atomic E-state index is 12.7. The summed E-state index contributed by atoms with van der Waals surface area (Å²) in [4.78, 5) is 26.4. The molecule has 2 rings (SSSR count). The molecule has 0 aromatic heterocycles. The van der Waals surface area contributed by atoms with Crippen molar-refractivity contribution in [3.63, 3.8) is 0 Å². The molecule has 1 atom stereocenters. The zero-order valence-corrected chi connectivity index (χ0v) is 18.7. The van der Waals surface area contributed by atoms with Crippen LogP contribution >= 0.6 is 11.8 Å². The van der Waals surface area contributed by atoms with Crippen LogP contribution in [0.2, 0.25) is 0 Å². The van der Waals surface area contributed by atoms with Crippen LogP contribution in [0.1, 0.15) is 47.5 Å². The Morgan fingerprint density at radius 3 is 2.28 bits per heavy atom. The topological polar surface area (TPSA) is 64.6 Å². The Bertz CT molecular complexity index is 783. The summed E-state index contributed by atoms with van der Waals surface area (Å²) in [7, 11) is 0. The number of ether oxygens (including phenoxy) is 2. The number of dihydropyridines is 1. The molecule has 5 nitrogen and oxygen atoms in total. The lowest BCUT2D eigenvalue weighted by molar-refractivity contribution is -0.143. The van der Waals surface area contributed by atoms with Crippen LogP contribution in [-0.2, 0) is 19.1 Å². The first-order chi connectivity index (χ1) is 13.8. The summed E-state index contributed by atoms with van der Waals surface area (Å²) in [6, 6.07) is 10.2. The van der Waals surface area contributed by atoms with Gasteiger partial charge >= 0.3 is 11.9 Å². The van der Waals surface area contributed by atoms with Crippen LogP contribution in [0, 0.1) is 5.92 Å². The molecule has 0 aliphatic carbocycles. The normalized spacial score (nSPS) is 16.7. The summed E-state index contributed by atoms with van der Waals surface area (Å²) < 4.78 is 10.8. The van der Waals surface area contributed by atoms with Crippen molar-refractivity contribution in [1.29, 1.82) is 0 Å². The predicted octanol–water partition coefficient (Wildman–Crippen LogP) is 4.84. The lowest BCUT2D eigenvalue weighted by atomic mass is 9.87. The summed E-state index contributed by atoms with van der Waals surface area (Å²) in [6.07, 6.45) is 1.55. The Morgan fingerprint density at radius 1 is 1.03 bits per heavy atom. The number of carbonyl (C=O) groups is 2. The summed E-state index contributed by atoms with van der Waals surface area (Å²) >= 11 is 1.80. The highest BCUT2D eigenvalue weighted by atomic mass is 32.2. The van der Waals surface area contributed by atoms with Gasteiger partial charge in [-0.2, -0.15) is 0 Å². The van der Waals surface area contributed by atoms with Crippen molar-refractivity contribution >= 4 is 23.7 Å². The van der Waals surface area contributed by atoms with E-state index in [4.69, 9.17) is 9.47 Å². The quantitative estimate of drug-likeness (QED) is 0.352. The van der Waals surface area contributed by atoms with E-state index in [-0.39, 0.29) is 18.0 Å². The van der Waals surface area contributed by atoms with Crippen molar-refractivity contribution in [2.45, 2.75) is 58.5 Å². The molecule has 1 aliphatic heterocycles. The van der Waals surface area contributed by atoms with Gasteiger partial charge in [0.15, 0.2) is 0 Å². The number of hydrogen-bond acceptors (Lipinski definition) is 6. The third-order valence-electron chi connectivity index (χ3n) is 4.62. The zero-order valence-electron chi connectivity index (χ0n) is 17.9. The van der Waals surface area contributed by atoms with E-state index in [1.54, 1.807) is 25.6 Å². The van der Waals surface area contributed by atoms with Gasteiger partial charge in [-0.3, -0.25) is 0 Å². The van der Waals surface area contributed by atoms with Crippen LogP contribution in [0.25, 0.3) is 0 Å². The SMILES string of the molecule is CC1=C(C(=O)OCCCCSc2ccccc2)C(C)C(C(=O)OC(C)C)=C(C)N1. The zero-order chi connectivity index (χ0) is 21.4. The first-order valence-electron chi connectivity index (χ1n) is 10.1. The standard InChI is InChI=1S/C23H31NO4S/c1-15(2)28-23(26)21-16(3)20(17(4)24-18(21)5)22(25)27-13-9-10-14-29-19-11-7-6-8-12-19/h6-8,11-12,15-16,24H,9-10,13-14H2,1-5H3. The number of rotatable bonds is 9. The molecule has 0 amide bonds. The minimum atomic E-state index is -0.395. The minimum absolute atomic E-state index is 0.217. The van der Waals surface area contributed by atoms with E-state index in [2.05, 4.69) is 17.4 Å². The molecule has 0 fully saturated rings. The number of hydrogen-bond donors (Lipinski definition) is 1. The second-order valence-corrected chi connectivity index (χ2v) is 8.55. The van der Waals surface area contributed by atoms with Gasteiger partial charge in [0.05, 0.1) is 23.9 Å². The molecule has 1 N–H and O–H groups in total. The fraction of sp³-hybridized carbons (Fsp3) is 0.478. The molecule has 1 aromatic rings. The molecular weight excluding hydrogens is 386 g/mol. The largest absolute Gasteiger partial charge is 0.462 e. The highest BCUT2D eigenvalue weighted by molar-refractivity contribution is 7.99. The van der Waals surface area contributed by atoms with Crippen LogP contribution in [0.3, 0.4) is 0 Å². The molecular formula is C23H31NO4S. The third-order valence-corrected chi connectivity index (χ3v) is 5.71. The van der Waals surface area contributed by atoms with Crippen molar-refractivity contribution in [2.75, 3.05) is 12.4 Å².